The summed E-state index contributed by atoms with van der Waals surface area (Å²) < 4.78 is 5.20. The molecule has 15 heavy (non-hydrogen) atoms. The smallest absolute Gasteiger partial charge is 0.145 e. The molecule has 0 saturated carbocycles. The van der Waals surface area contributed by atoms with E-state index < -0.39 is 0 Å². The average Bonchev–Trinajstić information content (AvgIpc) is 2.27. The summed E-state index contributed by atoms with van der Waals surface area (Å²) in [6.07, 6.45) is 5.40. The van der Waals surface area contributed by atoms with Gasteiger partial charge in [-0.3, -0.25) is 0 Å². The molecule has 1 heterocycles. The molecule has 0 spiro atoms. The molecule has 1 aromatic carbocycles. The van der Waals surface area contributed by atoms with Crippen LogP contribution in [-0.2, 0) is 0 Å². The van der Waals surface area contributed by atoms with Crippen LogP contribution in [0.25, 0.3) is 10.9 Å². The van der Waals surface area contributed by atoms with Gasteiger partial charge in [0.05, 0.1) is 7.11 Å². The zero-order valence-electron chi connectivity index (χ0n) is 8.32. The number of nitrogens with two attached hydrogens (primary N) is 1. The second kappa shape index (κ2) is 3.50. The summed E-state index contributed by atoms with van der Waals surface area (Å²) in [5.74, 6) is 3.67. The van der Waals surface area contributed by atoms with Gasteiger partial charge in [0.2, 0.25) is 0 Å². The third-order valence-electron chi connectivity index (χ3n) is 2.20. The van der Waals surface area contributed by atoms with E-state index in [-0.39, 0.29) is 0 Å². The SMILES string of the molecule is C#Cc1cc(N)nc2c(OC)cccc12. The zero-order valence-corrected chi connectivity index (χ0v) is 8.32. The maximum atomic E-state index is 5.66. The van der Waals surface area contributed by atoms with Crippen molar-refractivity contribution >= 4 is 16.7 Å². The second-order valence-electron chi connectivity index (χ2n) is 3.10. The van der Waals surface area contributed by atoms with Gasteiger partial charge in [-0.15, -0.1) is 6.42 Å². The minimum atomic E-state index is 0.403. The monoisotopic (exact) mass is 198 g/mol. The molecule has 0 fully saturated rings. The van der Waals surface area contributed by atoms with E-state index in [4.69, 9.17) is 16.9 Å². The highest BCUT2D eigenvalue weighted by molar-refractivity contribution is 5.90. The Morgan fingerprint density at radius 1 is 1.47 bits per heavy atom. The number of ether oxygens (including phenoxy) is 1. The summed E-state index contributed by atoms with van der Waals surface area (Å²) >= 11 is 0. The number of terminal acetylenes is 1. The Hall–Kier alpha value is -2.21. The lowest BCUT2D eigenvalue weighted by Gasteiger charge is -2.06. The van der Waals surface area contributed by atoms with Gasteiger partial charge in [0, 0.05) is 10.9 Å². The lowest BCUT2D eigenvalue weighted by Crippen LogP contribution is -1.95. The summed E-state index contributed by atoms with van der Waals surface area (Å²) in [6.45, 7) is 0. The van der Waals surface area contributed by atoms with E-state index in [0.717, 1.165) is 10.9 Å². The van der Waals surface area contributed by atoms with Crippen LogP contribution < -0.4 is 10.5 Å². The Labute approximate surface area is 87.9 Å². The van der Waals surface area contributed by atoms with Gasteiger partial charge in [-0.2, -0.15) is 0 Å². The number of benzene rings is 1. The van der Waals surface area contributed by atoms with Crippen LogP contribution in [0.15, 0.2) is 24.3 Å². The molecule has 3 heteroatoms. The highest BCUT2D eigenvalue weighted by atomic mass is 16.5. The first-order valence-corrected chi connectivity index (χ1v) is 4.46. The fourth-order valence-corrected chi connectivity index (χ4v) is 1.53. The first-order valence-electron chi connectivity index (χ1n) is 4.46. The highest BCUT2D eigenvalue weighted by Gasteiger charge is 2.06. The maximum Gasteiger partial charge on any atom is 0.145 e. The van der Waals surface area contributed by atoms with Gasteiger partial charge in [-0.1, -0.05) is 18.1 Å². The number of hydrogen-bond acceptors (Lipinski definition) is 3. The third-order valence-corrected chi connectivity index (χ3v) is 2.20. The summed E-state index contributed by atoms with van der Waals surface area (Å²) in [4.78, 5) is 4.21. The fourth-order valence-electron chi connectivity index (χ4n) is 1.53. The summed E-state index contributed by atoms with van der Waals surface area (Å²) in [7, 11) is 1.59. The van der Waals surface area contributed by atoms with Crippen LogP contribution in [0, 0.1) is 12.3 Å². The number of rotatable bonds is 1. The summed E-state index contributed by atoms with van der Waals surface area (Å²) in [5, 5.41) is 0.881. The van der Waals surface area contributed by atoms with E-state index in [9.17, 15) is 0 Å². The highest BCUT2D eigenvalue weighted by Crippen LogP contribution is 2.26. The van der Waals surface area contributed by atoms with E-state index in [0.29, 0.717) is 17.1 Å². The quantitative estimate of drug-likeness (QED) is 0.711. The molecule has 0 amide bonds. The molecule has 0 bridgehead atoms. The van der Waals surface area contributed by atoms with Crippen molar-refractivity contribution in [2.24, 2.45) is 0 Å². The van der Waals surface area contributed by atoms with Crippen LogP contribution in [0.1, 0.15) is 5.56 Å². The topological polar surface area (TPSA) is 48.1 Å². The first kappa shape index (κ1) is 9.35. The van der Waals surface area contributed by atoms with Gasteiger partial charge < -0.3 is 10.5 Å². The van der Waals surface area contributed by atoms with Crippen LogP contribution in [0.4, 0.5) is 5.82 Å². The van der Waals surface area contributed by atoms with E-state index in [1.807, 2.05) is 18.2 Å². The standard InChI is InChI=1S/C12H10N2O/c1-3-8-7-11(13)14-12-9(8)5-4-6-10(12)15-2/h1,4-7H,2H3,(H2,13,14). The van der Waals surface area contributed by atoms with Gasteiger partial charge in [0.1, 0.15) is 17.1 Å². The van der Waals surface area contributed by atoms with E-state index >= 15 is 0 Å². The van der Waals surface area contributed by atoms with Gasteiger partial charge in [-0.25, -0.2) is 4.98 Å². The van der Waals surface area contributed by atoms with Gasteiger partial charge in [0.25, 0.3) is 0 Å². The number of fused-ring (bicyclic) bond motifs is 1. The van der Waals surface area contributed by atoms with Crippen molar-refractivity contribution in [3.05, 3.63) is 29.8 Å². The number of aromatic nitrogens is 1. The van der Waals surface area contributed by atoms with Gasteiger partial charge in [0.15, 0.2) is 0 Å². The fraction of sp³-hybridized carbons (Fsp3) is 0.0833. The molecule has 0 saturated heterocycles. The molecule has 0 aliphatic rings. The van der Waals surface area contributed by atoms with Crippen molar-refractivity contribution in [2.75, 3.05) is 12.8 Å². The van der Waals surface area contributed by atoms with E-state index in [2.05, 4.69) is 10.9 Å². The lowest BCUT2D eigenvalue weighted by molar-refractivity contribution is 0.419. The second-order valence-corrected chi connectivity index (χ2v) is 3.10. The number of anilines is 1. The molecule has 0 unspecified atom stereocenters. The average molecular weight is 198 g/mol. The van der Waals surface area contributed by atoms with Crippen molar-refractivity contribution in [3.63, 3.8) is 0 Å². The van der Waals surface area contributed by atoms with Crippen molar-refractivity contribution in [1.82, 2.24) is 4.98 Å². The molecular weight excluding hydrogens is 188 g/mol. The molecule has 2 aromatic rings. The van der Waals surface area contributed by atoms with Crippen molar-refractivity contribution in [3.8, 4) is 18.1 Å². The number of nitrogen functional groups attached to an aromatic ring is 1. The van der Waals surface area contributed by atoms with Crippen LogP contribution in [0.3, 0.4) is 0 Å². The molecular formula is C12H10N2O. The molecule has 2 N–H and O–H groups in total. The van der Waals surface area contributed by atoms with Crippen molar-refractivity contribution < 1.29 is 4.74 Å². The molecule has 2 rings (SSSR count). The zero-order chi connectivity index (χ0) is 10.8. The summed E-state index contributed by atoms with van der Waals surface area (Å²) in [6, 6.07) is 7.29. The molecule has 3 nitrogen and oxygen atoms in total. The first-order chi connectivity index (χ1) is 7.26. The van der Waals surface area contributed by atoms with Crippen LogP contribution in [0.2, 0.25) is 0 Å². The largest absolute Gasteiger partial charge is 0.494 e. The van der Waals surface area contributed by atoms with Crippen molar-refractivity contribution in [2.45, 2.75) is 0 Å². The Morgan fingerprint density at radius 2 is 2.27 bits per heavy atom. The molecule has 0 atom stereocenters. The van der Waals surface area contributed by atoms with Crippen LogP contribution in [0.5, 0.6) is 5.75 Å². The predicted molar refractivity (Wildman–Crippen MR) is 60.6 cm³/mol. The molecule has 0 radical (unpaired) electrons. The van der Waals surface area contributed by atoms with E-state index in [1.54, 1.807) is 13.2 Å². The van der Waals surface area contributed by atoms with Gasteiger partial charge >= 0.3 is 0 Å². The minimum Gasteiger partial charge on any atom is -0.494 e. The maximum absolute atomic E-state index is 5.66. The third kappa shape index (κ3) is 1.46. The Balaban J connectivity index is 2.90. The number of hydrogen-bond donors (Lipinski definition) is 1. The van der Waals surface area contributed by atoms with Crippen LogP contribution >= 0.6 is 0 Å². The predicted octanol–water partition coefficient (Wildman–Crippen LogP) is 1.81. The molecule has 0 aliphatic carbocycles. The Kier molecular flexibility index (Phi) is 2.18. The Morgan fingerprint density at radius 3 is 2.93 bits per heavy atom. The molecule has 74 valence electrons. The minimum absolute atomic E-state index is 0.403. The van der Waals surface area contributed by atoms with Crippen LogP contribution in [-0.4, -0.2) is 12.1 Å². The lowest BCUT2D eigenvalue weighted by atomic mass is 10.1. The van der Waals surface area contributed by atoms with Gasteiger partial charge in [-0.05, 0) is 12.1 Å². The normalized spacial score (nSPS) is 9.87. The van der Waals surface area contributed by atoms with Crippen molar-refractivity contribution in [1.29, 1.82) is 0 Å². The Bertz CT molecular complexity index is 555. The number of methoxy groups -OCH3 is 1. The number of pyridine rings is 1. The number of nitrogens with zero attached hydrogens (tertiary/aromatic N) is 1. The summed E-state index contributed by atoms with van der Waals surface area (Å²) in [5.41, 5.74) is 7.10. The number of para-hydroxylation sites is 1. The molecule has 0 aliphatic heterocycles. The van der Waals surface area contributed by atoms with E-state index in [1.165, 1.54) is 0 Å². The molecule has 1 aromatic heterocycles.